The standard InChI is InChI=1S/C22H28FN9O/c1-21(2)8-13(22(3,4)26-12-21)9-24-19-15(23)10-25-20(28-19)27-14-5-6-17-16(7-14)32-18(11-33-17)29-30-31-32/h5-7,10,13,26H,8-9,11-12H2,1-4H3,(H2,24,25,27,28). The van der Waals surface area contributed by atoms with Gasteiger partial charge in [0.05, 0.1) is 6.20 Å². The van der Waals surface area contributed by atoms with Crippen LogP contribution in [0.3, 0.4) is 0 Å². The number of fused-ring (bicyclic) bond motifs is 3. The number of aromatic nitrogens is 6. The fourth-order valence-electron chi connectivity index (χ4n) is 4.34. The first-order valence-corrected chi connectivity index (χ1v) is 11.0. The van der Waals surface area contributed by atoms with Crippen molar-refractivity contribution in [1.82, 2.24) is 35.5 Å². The molecule has 1 atom stereocenters. The van der Waals surface area contributed by atoms with Crippen molar-refractivity contribution < 1.29 is 9.13 Å². The number of nitrogens with one attached hydrogen (secondary N) is 3. The quantitative estimate of drug-likeness (QED) is 0.536. The van der Waals surface area contributed by atoms with E-state index in [4.69, 9.17) is 4.74 Å². The molecule has 1 saturated heterocycles. The molecule has 0 spiro atoms. The Kier molecular flexibility index (Phi) is 5.15. The van der Waals surface area contributed by atoms with Crippen LogP contribution in [0.25, 0.3) is 5.69 Å². The van der Waals surface area contributed by atoms with Crippen molar-refractivity contribution >= 4 is 17.5 Å². The topological polar surface area (TPSA) is 115 Å². The highest BCUT2D eigenvalue weighted by Crippen LogP contribution is 2.36. The largest absolute Gasteiger partial charge is 0.483 e. The zero-order valence-electron chi connectivity index (χ0n) is 19.2. The summed E-state index contributed by atoms with van der Waals surface area (Å²) in [4.78, 5) is 8.47. The molecule has 11 heteroatoms. The Morgan fingerprint density at radius 3 is 2.97 bits per heavy atom. The molecule has 5 rings (SSSR count). The minimum atomic E-state index is -0.487. The van der Waals surface area contributed by atoms with Crippen molar-refractivity contribution in [3.05, 3.63) is 36.0 Å². The minimum Gasteiger partial charge on any atom is -0.483 e. The summed E-state index contributed by atoms with van der Waals surface area (Å²) in [5.41, 5.74) is 1.56. The maximum Gasteiger partial charge on any atom is 0.229 e. The van der Waals surface area contributed by atoms with Gasteiger partial charge in [0, 0.05) is 24.3 Å². The van der Waals surface area contributed by atoms with E-state index >= 15 is 0 Å². The van der Waals surface area contributed by atoms with Gasteiger partial charge in [0.15, 0.2) is 17.5 Å². The molecule has 0 amide bonds. The minimum absolute atomic E-state index is 0.0482. The van der Waals surface area contributed by atoms with Gasteiger partial charge in [0.2, 0.25) is 5.95 Å². The van der Waals surface area contributed by atoms with Crippen molar-refractivity contribution in [2.75, 3.05) is 23.7 Å². The molecule has 33 heavy (non-hydrogen) atoms. The van der Waals surface area contributed by atoms with Crippen LogP contribution in [-0.4, -0.2) is 48.8 Å². The number of hydrogen-bond acceptors (Lipinski definition) is 9. The van der Waals surface area contributed by atoms with E-state index in [0.717, 1.165) is 13.0 Å². The Morgan fingerprint density at radius 1 is 1.27 bits per heavy atom. The normalized spacial score (nSPS) is 20.3. The van der Waals surface area contributed by atoms with Crippen molar-refractivity contribution in [3.63, 3.8) is 0 Å². The molecular weight excluding hydrogens is 425 g/mol. The first-order chi connectivity index (χ1) is 15.7. The molecule has 1 fully saturated rings. The molecule has 1 aromatic carbocycles. The van der Waals surface area contributed by atoms with Crippen LogP contribution in [0.15, 0.2) is 24.4 Å². The van der Waals surface area contributed by atoms with Gasteiger partial charge in [-0.25, -0.2) is 9.37 Å². The molecule has 2 aliphatic heterocycles. The third-order valence-corrected chi connectivity index (χ3v) is 6.44. The van der Waals surface area contributed by atoms with Gasteiger partial charge in [-0.1, -0.05) is 13.8 Å². The van der Waals surface area contributed by atoms with Gasteiger partial charge >= 0.3 is 0 Å². The molecule has 0 aliphatic carbocycles. The van der Waals surface area contributed by atoms with Gasteiger partial charge in [-0.3, -0.25) is 0 Å². The summed E-state index contributed by atoms with van der Waals surface area (Å²) in [6.07, 6.45) is 2.21. The maximum atomic E-state index is 14.5. The van der Waals surface area contributed by atoms with Crippen LogP contribution >= 0.6 is 0 Å². The lowest BCUT2D eigenvalue weighted by molar-refractivity contribution is 0.107. The number of tetrazole rings is 1. The molecule has 0 radical (unpaired) electrons. The first kappa shape index (κ1) is 21.5. The molecular formula is C22H28FN9O. The van der Waals surface area contributed by atoms with E-state index in [2.05, 4.69) is 69.1 Å². The van der Waals surface area contributed by atoms with Gasteiger partial charge in [-0.2, -0.15) is 9.67 Å². The van der Waals surface area contributed by atoms with E-state index in [1.165, 1.54) is 6.20 Å². The van der Waals surface area contributed by atoms with Crippen molar-refractivity contribution in [1.29, 1.82) is 0 Å². The average molecular weight is 454 g/mol. The second kappa shape index (κ2) is 7.91. The highest BCUT2D eigenvalue weighted by atomic mass is 19.1. The lowest BCUT2D eigenvalue weighted by atomic mass is 9.70. The number of halogens is 1. The molecule has 0 saturated carbocycles. The zero-order valence-corrected chi connectivity index (χ0v) is 19.2. The number of piperidine rings is 1. The first-order valence-electron chi connectivity index (χ1n) is 11.0. The maximum absolute atomic E-state index is 14.5. The molecule has 3 N–H and O–H groups in total. The molecule has 2 aliphatic rings. The third kappa shape index (κ3) is 4.32. The van der Waals surface area contributed by atoms with Gasteiger partial charge < -0.3 is 20.7 Å². The third-order valence-electron chi connectivity index (χ3n) is 6.44. The van der Waals surface area contributed by atoms with Crippen LogP contribution in [0.1, 0.15) is 39.9 Å². The SMILES string of the molecule is CC1(C)CNC(C)(C)C(CNc2nc(Nc3ccc4c(c3)-n3nnnc3CO4)ncc2F)C1. The number of rotatable bonds is 5. The summed E-state index contributed by atoms with van der Waals surface area (Å²) in [6, 6.07) is 5.50. The van der Waals surface area contributed by atoms with Gasteiger partial charge in [0.25, 0.3) is 0 Å². The van der Waals surface area contributed by atoms with Gasteiger partial charge in [0.1, 0.15) is 18.0 Å². The summed E-state index contributed by atoms with van der Waals surface area (Å²) in [5, 5.41) is 21.6. The van der Waals surface area contributed by atoms with E-state index < -0.39 is 5.82 Å². The predicted octanol–water partition coefficient (Wildman–Crippen LogP) is 3.05. The van der Waals surface area contributed by atoms with Crippen LogP contribution in [0, 0.1) is 17.2 Å². The Bertz CT molecular complexity index is 1180. The molecule has 10 nitrogen and oxygen atoms in total. The fourth-order valence-corrected chi connectivity index (χ4v) is 4.34. The molecule has 3 aromatic rings. The Morgan fingerprint density at radius 2 is 2.12 bits per heavy atom. The fraction of sp³-hybridized carbons (Fsp3) is 0.500. The lowest BCUT2D eigenvalue weighted by Gasteiger charge is -2.47. The summed E-state index contributed by atoms with van der Waals surface area (Å²) in [7, 11) is 0. The number of benzene rings is 1. The summed E-state index contributed by atoms with van der Waals surface area (Å²) < 4.78 is 21.8. The van der Waals surface area contributed by atoms with E-state index in [1.54, 1.807) is 4.68 Å². The monoisotopic (exact) mass is 453 g/mol. The second-order valence-corrected chi connectivity index (χ2v) is 10.0. The highest BCUT2D eigenvalue weighted by molar-refractivity contribution is 5.63. The summed E-state index contributed by atoms with van der Waals surface area (Å²) >= 11 is 0. The number of nitrogens with zero attached hydrogens (tertiary/aromatic N) is 6. The second-order valence-electron chi connectivity index (χ2n) is 10.0. The zero-order chi connectivity index (χ0) is 23.2. The van der Waals surface area contributed by atoms with Gasteiger partial charge in [-0.15, -0.1) is 5.10 Å². The summed E-state index contributed by atoms with van der Waals surface area (Å²) in [6.45, 7) is 10.8. The van der Waals surface area contributed by atoms with E-state index in [9.17, 15) is 4.39 Å². The van der Waals surface area contributed by atoms with Crippen molar-refractivity contribution in [2.24, 2.45) is 11.3 Å². The Hall–Kier alpha value is -3.34. The van der Waals surface area contributed by atoms with Crippen LogP contribution in [0.2, 0.25) is 0 Å². The lowest BCUT2D eigenvalue weighted by Crippen LogP contribution is -2.57. The molecule has 174 valence electrons. The predicted molar refractivity (Wildman–Crippen MR) is 121 cm³/mol. The van der Waals surface area contributed by atoms with Gasteiger partial charge in [-0.05, 0) is 60.2 Å². The number of ether oxygens (including phenoxy) is 1. The average Bonchev–Trinajstić information content (AvgIpc) is 3.26. The van der Waals surface area contributed by atoms with Crippen molar-refractivity contribution in [2.45, 2.75) is 46.3 Å². The Labute approximate surface area is 191 Å². The van der Waals surface area contributed by atoms with Crippen LogP contribution in [0.4, 0.5) is 21.8 Å². The molecule has 2 aromatic heterocycles. The van der Waals surface area contributed by atoms with Crippen LogP contribution in [-0.2, 0) is 6.61 Å². The van der Waals surface area contributed by atoms with Crippen LogP contribution < -0.4 is 20.7 Å². The molecule has 4 heterocycles. The molecule has 1 unspecified atom stereocenters. The van der Waals surface area contributed by atoms with E-state index in [0.29, 0.717) is 42.0 Å². The highest BCUT2D eigenvalue weighted by Gasteiger charge is 2.39. The number of hydrogen-bond donors (Lipinski definition) is 3. The Balaban J connectivity index is 1.32. The van der Waals surface area contributed by atoms with Crippen LogP contribution in [0.5, 0.6) is 5.75 Å². The molecule has 0 bridgehead atoms. The van der Waals surface area contributed by atoms with E-state index in [-0.39, 0.29) is 22.7 Å². The summed E-state index contributed by atoms with van der Waals surface area (Å²) in [5.74, 6) is 1.59. The van der Waals surface area contributed by atoms with E-state index in [1.807, 2.05) is 18.2 Å². The smallest absolute Gasteiger partial charge is 0.229 e. The van der Waals surface area contributed by atoms with Crippen molar-refractivity contribution in [3.8, 4) is 11.4 Å². The number of anilines is 3.